The van der Waals surface area contributed by atoms with Crippen LogP contribution in [0.2, 0.25) is 0 Å². The third-order valence-corrected chi connectivity index (χ3v) is 1.50. The van der Waals surface area contributed by atoms with E-state index in [1.165, 1.54) is 6.26 Å². The highest BCUT2D eigenvalue weighted by Gasteiger charge is 2.24. The molecule has 4 nitrogen and oxygen atoms in total. The van der Waals surface area contributed by atoms with Crippen molar-refractivity contribution in [1.82, 2.24) is 0 Å². The summed E-state index contributed by atoms with van der Waals surface area (Å²) in [6.45, 7) is 0. The Hall–Kier alpha value is -1.41. The van der Waals surface area contributed by atoms with Gasteiger partial charge >= 0.3 is 5.71 Å². The Morgan fingerprint density at radius 2 is 2.64 bits per heavy atom. The van der Waals surface area contributed by atoms with Crippen LogP contribution in [0.15, 0.2) is 12.3 Å². The highest BCUT2D eigenvalue weighted by molar-refractivity contribution is 6.27. The number of nitrogens with zero attached hydrogens (tertiary/aromatic N) is 2. The zero-order chi connectivity index (χ0) is 8.10. The summed E-state index contributed by atoms with van der Waals surface area (Å²) in [5.41, 5.74) is 8.38. The third kappa shape index (κ3) is 1.75. The first-order valence-electron chi connectivity index (χ1n) is 3.36. The Labute approximate surface area is 64.1 Å². The first-order valence-corrected chi connectivity index (χ1v) is 3.36. The molecule has 4 heteroatoms. The molecule has 11 heavy (non-hydrogen) atoms. The van der Waals surface area contributed by atoms with E-state index in [-0.39, 0.29) is 11.8 Å². The van der Waals surface area contributed by atoms with Gasteiger partial charge in [-0.15, -0.1) is 0 Å². The number of allylic oxidation sites excluding steroid dienone is 1. The molecule has 1 rings (SSSR count). The van der Waals surface area contributed by atoms with Gasteiger partial charge in [-0.2, -0.15) is 4.79 Å². The number of rotatable bonds is 2. The highest BCUT2D eigenvalue weighted by Crippen LogP contribution is 2.09. The van der Waals surface area contributed by atoms with Crippen molar-refractivity contribution in [3.63, 3.8) is 0 Å². The quantitative estimate of drug-likeness (QED) is 0.251. The van der Waals surface area contributed by atoms with Crippen LogP contribution < -0.4 is 0 Å². The van der Waals surface area contributed by atoms with E-state index in [2.05, 4.69) is 4.79 Å². The fourth-order valence-corrected chi connectivity index (χ4v) is 0.916. The number of hydrogen-bond acceptors (Lipinski definition) is 2. The smallest absolute Gasteiger partial charge is 0.371 e. The monoisotopic (exact) mass is 152 g/mol. The molecule has 1 atom stereocenters. The van der Waals surface area contributed by atoms with Crippen molar-refractivity contribution < 1.29 is 14.3 Å². The van der Waals surface area contributed by atoms with Gasteiger partial charge in [-0.1, -0.05) is 0 Å². The SMILES string of the molecule is [N-]=[N+]=C(C=O)C1CCC=CO1. The molecule has 0 bridgehead atoms. The van der Waals surface area contributed by atoms with E-state index in [9.17, 15) is 4.79 Å². The van der Waals surface area contributed by atoms with Crippen LogP contribution in [-0.2, 0) is 9.53 Å². The van der Waals surface area contributed by atoms with Gasteiger partial charge in [-0.05, 0) is 18.9 Å². The van der Waals surface area contributed by atoms with Crippen LogP contribution in [0.4, 0.5) is 0 Å². The van der Waals surface area contributed by atoms with Crippen molar-refractivity contribution in [2.45, 2.75) is 18.9 Å². The average Bonchev–Trinajstić information content (AvgIpc) is 2.09. The van der Waals surface area contributed by atoms with Crippen molar-refractivity contribution in [1.29, 1.82) is 0 Å². The molecular weight excluding hydrogens is 144 g/mol. The van der Waals surface area contributed by atoms with Crippen LogP contribution in [0, 0.1) is 0 Å². The first-order chi connectivity index (χ1) is 5.38. The first kappa shape index (κ1) is 7.69. The lowest BCUT2D eigenvalue weighted by atomic mass is 10.1. The molecule has 0 spiro atoms. The summed E-state index contributed by atoms with van der Waals surface area (Å²) in [4.78, 5) is 13.1. The lowest BCUT2D eigenvalue weighted by Crippen LogP contribution is -2.26. The fraction of sp³-hybridized carbons (Fsp3) is 0.429. The van der Waals surface area contributed by atoms with Gasteiger partial charge in [0.2, 0.25) is 12.4 Å². The van der Waals surface area contributed by atoms with E-state index >= 15 is 0 Å². The van der Waals surface area contributed by atoms with Crippen molar-refractivity contribution >= 4 is 12.0 Å². The van der Waals surface area contributed by atoms with Crippen molar-refractivity contribution in [3.8, 4) is 0 Å². The van der Waals surface area contributed by atoms with Gasteiger partial charge in [-0.25, -0.2) is 0 Å². The summed E-state index contributed by atoms with van der Waals surface area (Å²) in [7, 11) is 0. The zero-order valence-corrected chi connectivity index (χ0v) is 5.93. The van der Waals surface area contributed by atoms with Crippen LogP contribution in [0.25, 0.3) is 5.53 Å². The van der Waals surface area contributed by atoms with Gasteiger partial charge in [0, 0.05) is 0 Å². The van der Waals surface area contributed by atoms with Gasteiger partial charge in [0.1, 0.15) is 0 Å². The Bertz CT molecular complexity index is 229. The van der Waals surface area contributed by atoms with Gasteiger partial charge in [0.15, 0.2) is 0 Å². The molecule has 0 N–H and O–H groups in total. The molecule has 58 valence electrons. The number of hydrogen-bond donors (Lipinski definition) is 0. The lowest BCUT2D eigenvalue weighted by molar-refractivity contribution is -0.108. The second-order valence-corrected chi connectivity index (χ2v) is 2.22. The summed E-state index contributed by atoms with van der Waals surface area (Å²) in [6.07, 6.45) is 5.04. The minimum absolute atomic E-state index is 0.0503. The maximum atomic E-state index is 10.2. The molecule has 1 aliphatic heterocycles. The minimum Gasteiger partial charge on any atom is -0.486 e. The van der Waals surface area contributed by atoms with Gasteiger partial charge < -0.3 is 10.3 Å². The van der Waals surface area contributed by atoms with Gasteiger partial charge in [0.05, 0.1) is 6.26 Å². The van der Waals surface area contributed by atoms with Crippen LogP contribution in [-0.4, -0.2) is 22.9 Å². The predicted molar refractivity (Wildman–Crippen MR) is 37.9 cm³/mol. The standard InChI is InChI=1S/C7H8N2O2/c8-9-6(5-10)7-3-1-2-4-11-7/h2,4-5,7H,1,3H2. The molecule has 0 amide bonds. The molecule has 0 saturated heterocycles. The molecule has 0 saturated carbocycles. The second-order valence-electron chi connectivity index (χ2n) is 2.22. The molecule has 0 aromatic heterocycles. The zero-order valence-electron chi connectivity index (χ0n) is 5.93. The minimum atomic E-state index is -0.373. The molecule has 1 unspecified atom stereocenters. The molecule has 0 fully saturated rings. The van der Waals surface area contributed by atoms with Crippen LogP contribution >= 0.6 is 0 Å². The largest absolute Gasteiger partial charge is 0.486 e. The van der Waals surface area contributed by atoms with Crippen molar-refractivity contribution in [3.05, 3.63) is 17.9 Å². The van der Waals surface area contributed by atoms with E-state index in [1.54, 1.807) is 0 Å². The number of aldehydes is 1. The van der Waals surface area contributed by atoms with E-state index in [0.29, 0.717) is 12.7 Å². The molecule has 1 heterocycles. The molecule has 0 radical (unpaired) electrons. The maximum absolute atomic E-state index is 10.2. The molecule has 0 aromatic rings. The Kier molecular flexibility index (Phi) is 2.58. The summed E-state index contributed by atoms with van der Waals surface area (Å²) >= 11 is 0. The summed E-state index contributed by atoms with van der Waals surface area (Å²) in [5.74, 6) is 0. The van der Waals surface area contributed by atoms with Crippen LogP contribution in [0.1, 0.15) is 12.8 Å². The second kappa shape index (κ2) is 3.68. The van der Waals surface area contributed by atoms with Gasteiger partial charge in [0.25, 0.3) is 0 Å². The number of ether oxygens (including phenoxy) is 1. The van der Waals surface area contributed by atoms with E-state index in [1.807, 2.05) is 6.08 Å². The maximum Gasteiger partial charge on any atom is 0.371 e. The predicted octanol–water partition coefficient (Wildman–Crippen LogP) is 0.549. The Balaban J connectivity index is 2.66. The third-order valence-electron chi connectivity index (χ3n) is 1.50. The summed E-state index contributed by atoms with van der Waals surface area (Å²) in [5, 5.41) is 0. The highest BCUT2D eigenvalue weighted by atomic mass is 16.5. The Morgan fingerprint density at radius 3 is 3.09 bits per heavy atom. The topological polar surface area (TPSA) is 62.7 Å². The van der Waals surface area contributed by atoms with Crippen molar-refractivity contribution in [2.75, 3.05) is 0 Å². The fourth-order valence-electron chi connectivity index (χ4n) is 0.916. The molecule has 1 aliphatic rings. The van der Waals surface area contributed by atoms with Gasteiger partial charge in [-0.3, -0.25) is 4.79 Å². The molecular formula is C7H8N2O2. The summed E-state index contributed by atoms with van der Waals surface area (Å²) in [6, 6.07) is 0. The summed E-state index contributed by atoms with van der Waals surface area (Å²) < 4.78 is 5.02. The average molecular weight is 152 g/mol. The molecule has 0 aliphatic carbocycles. The van der Waals surface area contributed by atoms with Crippen molar-refractivity contribution in [2.24, 2.45) is 0 Å². The molecule has 0 aromatic carbocycles. The number of carbonyl (C=O) groups excluding carboxylic acids is 1. The Morgan fingerprint density at radius 1 is 1.82 bits per heavy atom. The number of carbonyl (C=O) groups is 1. The van der Waals surface area contributed by atoms with Crippen LogP contribution in [0.3, 0.4) is 0 Å². The van der Waals surface area contributed by atoms with E-state index in [4.69, 9.17) is 10.3 Å². The van der Waals surface area contributed by atoms with E-state index in [0.717, 1.165) is 6.42 Å². The van der Waals surface area contributed by atoms with E-state index < -0.39 is 0 Å². The van der Waals surface area contributed by atoms with Crippen LogP contribution in [0.5, 0.6) is 0 Å². The lowest BCUT2D eigenvalue weighted by Gasteiger charge is -2.12. The normalized spacial score (nSPS) is 21.6.